The van der Waals surface area contributed by atoms with Crippen LogP contribution in [-0.4, -0.2) is 75.9 Å². The minimum Gasteiger partial charge on any atom is -0.320 e. The van der Waals surface area contributed by atoms with E-state index in [4.69, 9.17) is 11.1 Å². The molecule has 1 aromatic carbocycles. The number of nitrogens with one attached hydrogen (secondary N) is 3. The van der Waals surface area contributed by atoms with E-state index in [9.17, 15) is 9.59 Å². The van der Waals surface area contributed by atoms with E-state index in [2.05, 4.69) is 20.5 Å². The second-order valence-corrected chi connectivity index (χ2v) is 9.36. The molecular weight excluding hydrogens is 420 g/mol. The Morgan fingerprint density at radius 2 is 2.03 bits per heavy atom. The van der Waals surface area contributed by atoms with E-state index < -0.39 is 5.69 Å². The predicted molar refractivity (Wildman–Crippen MR) is 126 cm³/mol. The number of benzene rings is 1. The van der Waals surface area contributed by atoms with Gasteiger partial charge in [0.15, 0.2) is 0 Å². The average molecular weight is 451 g/mol. The highest BCUT2D eigenvalue weighted by Gasteiger charge is 2.64. The third kappa shape index (κ3) is 4.05. The van der Waals surface area contributed by atoms with Crippen LogP contribution in [0.1, 0.15) is 12.5 Å². The maximum Gasteiger partial charge on any atom is 0.354 e. The van der Waals surface area contributed by atoms with E-state index in [1.54, 1.807) is 17.2 Å². The molecule has 5 N–H and O–H groups in total. The molecule has 2 unspecified atom stereocenters. The van der Waals surface area contributed by atoms with E-state index in [1.807, 2.05) is 31.2 Å². The molecule has 10 nitrogen and oxygen atoms in total. The number of aromatic nitrogens is 2. The summed E-state index contributed by atoms with van der Waals surface area (Å²) in [6, 6.07) is 9.31. The minimum absolute atomic E-state index is 0.0813. The van der Waals surface area contributed by atoms with Crippen LogP contribution in [0.3, 0.4) is 0 Å². The summed E-state index contributed by atoms with van der Waals surface area (Å²) < 4.78 is 1.46. The number of piperazine rings is 1. The summed E-state index contributed by atoms with van der Waals surface area (Å²) in [5.41, 5.74) is 7.25. The first kappa shape index (κ1) is 21.7. The second-order valence-electron chi connectivity index (χ2n) is 9.36. The number of likely N-dealkylation sites (tertiary alicyclic amines) is 1. The fourth-order valence-electron chi connectivity index (χ4n) is 5.15. The van der Waals surface area contributed by atoms with Gasteiger partial charge in [-0.2, -0.15) is 4.98 Å². The monoisotopic (exact) mass is 450 g/mol. The molecule has 1 aromatic heterocycles. The summed E-state index contributed by atoms with van der Waals surface area (Å²) in [6.07, 6.45) is 3.04. The number of rotatable bonds is 5. The highest BCUT2D eigenvalue weighted by Crippen LogP contribution is 2.52. The molecule has 1 aliphatic carbocycles. The van der Waals surface area contributed by atoms with Crippen LogP contribution in [-0.2, 0) is 6.54 Å². The van der Waals surface area contributed by atoms with Crippen molar-refractivity contribution in [3.05, 3.63) is 52.6 Å². The van der Waals surface area contributed by atoms with E-state index in [-0.39, 0.29) is 23.4 Å². The van der Waals surface area contributed by atoms with Crippen LogP contribution in [0.4, 0.5) is 10.6 Å². The van der Waals surface area contributed by atoms with Crippen LogP contribution >= 0.6 is 0 Å². The van der Waals surface area contributed by atoms with Gasteiger partial charge in [0.1, 0.15) is 5.82 Å². The van der Waals surface area contributed by atoms with Gasteiger partial charge in [-0.1, -0.05) is 12.1 Å². The lowest BCUT2D eigenvalue weighted by Gasteiger charge is -2.33. The van der Waals surface area contributed by atoms with Crippen molar-refractivity contribution < 1.29 is 4.79 Å². The largest absolute Gasteiger partial charge is 0.354 e. The molecule has 10 heteroatoms. The predicted octanol–water partition coefficient (Wildman–Crippen LogP) is 0.467. The smallest absolute Gasteiger partial charge is 0.320 e. The summed E-state index contributed by atoms with van der Waals surface area (Å²) >= 11 is 0. The zero-order chi connectivity index (χ0) is 23.2. The highest BCUT2D eigenvalue weighted by molar-refractivity contribution is 5.88. The summed E-state index contributed by atoms with van der Waals surface area (Å²) in [5, 5.41) is 13.5. The van der Waals surface area contributed by atoms with Gasteiger partial charge in [-0.15, -0.1) is 0 Å². The number of hydrogen-bond acceptors (Lipinski definition) is 7. The molecule has 2 aliphatic heterocycles. The molecule has 3 aliphatic rings. The van der Waals surface area contributed by atoms with Crippen molar-refractivity contribution in [3.8, 4) is 5.69 Å². The topological polar surface area (TPSA) is 132 Å². The van der Waals surface area contributed by atoms with Crippen molar-refractivity contribution >= 4 is 18.1 Å². The lowest BCUT2D eigenvalue weighted by molar-refractivity contribution is 0.177. The van der Waals surface area contributed by atoms with Gasteiger partial charge in [0, 0.05) is 69.6 Å². The molecule has 0 radical (unpaired) electrons. The quantitative estimate of drug-likeness (QED) is 0.490. The lowest BCUT2D eigenvalue weighted by Crippen LogP contribution is -2.53. The van der Waals surface area contributed by atoms with Crippen LogP contribution < -0.4 is 22.1 Å². The molecule has 3 heterocycles. The summed E-state index contributed by atoms with van der Waals surface area (Å²) in [6.45, 7) is 6.75. The first-order valence-electron chi connectivity index (χ1n) is 11.4. The Morgan fingerprint density at radius 3 is 2.67 bits per heavy atom. The molecule has 2 amide bonds. The van der Waals surface area contributed by atoms with Gasteiger partial charge < -0.3 is 21.4 Å². The molecule has 33 heavy (non-hydrogen) atoms. The van der Waals surface area contributed by atoms with E-state index in [0.29, 0.717) is 18.4 Å². The number of nitrogens with two attached hydrogens (primary N) is 1. The third-order valence-electron chi connectivity index (χ3n) is 7.24. The molecular formula is C23H30N8O2. The average Bonchev–Trinajstić information content (AvgIpc) is 3.13. The number of fused-ring (bicyclic) bond motifs is 1. The van der Waals surface area contributed by atoms with Gasteiger partial charge in [0.05, 0.1) is 11.2 Å². The fraction of sp³-hybridized carbons (Fsp3) is 0.478. The maximum absolute atomic E-state index is 12.6. The van der Waals surface area contributed by atoms with Crippen LogP contribution in [0.5, 0.6) is 0 Å². The number of carbonyl (C=O) groups is 1. The maximum atomic E-state index is 12.6. The number of piperidine rings is 1. The third-order valence-corrected chi connectivity index (χ3v) is 7.24. The SMILES string of the molecule is C[C@@H]1CNCCN1C(=O)Nc1ccn(-c2ccc(CN3CC4C(C3)C4(N)C=N)cc2)c(=O)n1. The van der Waals surface area contributed by atoms with E-state index in [0.717, 1.165) is 44.0 Å². The van der Waals surface area contributed by atoms with Crippen LogP contribution in [0, 0.1) is 17.2 Å². The van der Waals surface area contributed by atoms with Gasteiger partial charge in [0.25, 0.3) is 0 Å². The number of urea groups is 1. The van der Waals surface area contributed by atoms with Crippen LogP contribution in [0.15, 0.2) is 41.3 Å². The Kier molecular flexibility index (Phi) is 5.51. The van der Waals surface area contributed by atoms with Crippen molar-refractivity contribution in [2.45, 2.75) is 25.0 Å². The minimum atomic E-state index is -0.445. The number of amides is 2. The van der Waals surface area contributed by atoms with Gasteiger partial charge in [-0.05, 0) is 30.7 Å². The van der Waals surface area contributed by atoms with E-state index in [1.165, 1.54) is 10.8 Å². The summed E-state index contributed by atoms with van der Waals surface area (Å²) in [4.78, 5) is 33.3. The molecule has 2 saturated heterocycles. The number of nitrogens with zero attached hydrogens (tertiary/aromatic N) is 4. The molecule has 5 rings (SSSR count). The Morgan fingerprint density at radius 1 is 1.30 bits per heavy atom. The molecule has 1 saturated carbocycles. The molecule has 2 aromatic rings. The fourth-order valence-corrected chi connectivity index (χ4v) is 5.15. The molecule has 3 atom stereocenters. The van der Waals surface area contributed by atoms with Gasteiger partial charge in [-0.25, -0.2) is 9.59 Å². The van der Waals surface area contributed by atoms with Crippen molar-refractivity contribution in [2.75, 3.05) is 38.0 Å². The number of anilines is 1. The standard InChI is InChI=1S/C23H30N8O2/c1-15-10-26-7-9-30(15)21(32)27-20-6-8-31(22(33)28-20)17-4-2-16(3-5-17)11-29-12-18-19(13-29)23(18,25)14-24/h2-6,8,14-15,18-19,24,26H,7,9-13,25H2,1H3,(H,27,28,32,33)/t15-,18?,19?,23?/m1/s1. The number of carbonyl (C=O) groups excluding carboxylic acids is 1. The Balaban J connectivity index is 1.20. The van der Waals surface area contributed by atoms with Crippen molar-refractivity contribution in [1.29, 1.82) is 5.41 Å². The van der Waals surface area contributed by atoms with Crippen molar-refractivity contribution in [3.63, 3.8) is 0 Å². The zero-order valence-corrected chi connectivity index (χ0v) is 18.7. The molecule has 3 fully saturated rings. The Hall–Kier alpha value is -3.08. The van der Waals surface area contributed by atoms with Gasteiger partial charge in [-0.3, -0.25) is 14.8 Å². The number of hydrogen-bond donors (Lipinski definition) is 4. The Labute approximate surface area is 192 Å². The van der Waals surface area contributed by atoms with Crippen LogP contribution in [0.25, 0.3) is 5.69 Å². The normalized spacial score (nSPS) is 28.9. The summed E-state index contributed by atoms with van der Waals surface area (Å²) in [5.74, 6) is 1.04. The molecule has 174 valence electrons. The zero-order valence-electron chi connectivity index (χ0n) is 18.7. The molecule has 0 spiro atoms. The lowest BCUT2D eigenvalue weighted by atomic mass is 10.1. The van der Waals surface area contributed by atoms with Gasteiger partial charge in [0.2, 0.25) is 0 Å². The second kappa shape index (κ2) is 8.36. The molecule has 0 bridgehead atoms. The van der Waals surface area contributed by atoms with Crippen molar-refractivity contribution in [2.24, 2.45) is 17.6 Å². The summed E-state index contributed by atoms with van der Waals surface area (Å²) in [7, 11) is 0. The van der Waals surface area contributed by atoms with Crippen molar-refractivity contribution in [1.82, 2.24) is 24.7 Å². The van der Waals surface area contributed by atoms with E-state index >= 15 is 0 Å². The highest BCUT2D eigenvalue weighted by atomic mass is 16.2. The first-order valence-corrected chi connectivity index (χ1v) is 11.4. The first-order chi connectivity index (χ1) is 15.9. The Bertz CT molecular complexity index is 1100. The van der Waals surface area contributed by atoms with Crippen LogP contribution in [0.2, 0.25) is 0 Å². The van der Waals surface area contributed by atoms with Gasteiger partial charge >= 0.3 is 11.7 Å².